The van der Waals surface area contributed by atoms with Crippen molar-refractivity contribution in [1.29, 1.82) is 0 Å². The van der Waals surface area contributed by atoms with E-state index in [0.717, 1.165) is 11.1 Å². The van der Waals surface area contributed by atoms with Crippen LogP contribution in [0.3, 0.4) is 0 Å². The smallest absolute Gasteiger partial charge is 0.255 e. The van der Waals surface area contributed by atoms with Gasteiger partial charge in [0.2, 0.25) is 0 Å². The number of aromatic amines is 1. The van der Waals surface area contributed by atoms with Crippen LogP contribution < -0.4 is 10.6 Å². The summed E-state index contributed by atoms with van der Waals surface area (Å²) in [5.74, 6) is 0.278. The van der Waals surface area contributed by atoms with Crippen molar-refractivity contribution < 1.29 is 9.59 Å². The Kier molecular flexibility index (Phi) is 5.81. The molecule has 7 heteroatoms. The van der Waals surface area contributed by atoms with E-state index >= 15 is 0 Å². The number of carbonyl (C=O) groups excluding carboxylic acids is 2. The summed E-state index contributed by atoms with van der Waals surface area (Å²) in [5.41, 5.74) is 4.81. The number of carbonyl (C=O) groups is 2. The highest BCUT2D eigenvalue weighted by Crippen LogP contribution is 2.24. The third-order valence-corrected chi connectivity index (χ3v) is 5.55. The number of benzene rings is 4. The maximum absolute atomic E-state index is 12.6. The Morgan fingerprint density at radius 3 is 2.00 bits per heavy atom. The van der Waals surface area contributed by atoms with Crippen molar-refractivity contribution in [1.82, 2.24) is 9.97 Å². The quantitative estimate of drug-likeness (QED) is 0.280. The van der Waals surface area contributed by atoms with Crippen LogP contribution in [-0.4, -0.2) is 21.8 Å². The molecule has 0 unspecified atom stereocenters. The van der Waals surface area contributed by atoms with Gasteiger partial charge in [0, 0.05) is 33.1 Å². The van der Waals surface area contributed by atoms with Crippen LogP contribution in [-0.2, 0) is 0 Å². The fourth-order valence-electron chi connectivity index (χ4n) is 3.52. The number of amides is 2. The van der Waals surface area contributed by atoms with Gasteiger partial charge < -0.3 is 15.6 Å². The zero-order chi connectivity index (χ0) is 23.5. The molecule has 4 aromatic carbocycles. The largest absolute Gasteiger partial charge is 0.338 e. The molecular formula is C27H19ClN4O2. The van der Waals surface area contributed by atoms with Gasteiger partial charge in [0.05, 0.1) is 11.0 Å². The molecule has 2 amide bonds. The first-order valence-corrected chi connectivity index (χ1v) is 11.0. The van der Waals surface area contributed by atoms with Crippen molar-refractivity contribution in [3.8, 4) is 11.4 Å². The normalized spacial score (nSPS) is 10.7. The molecule has 0 saturated carbocycles. The standard InChI is InChI=1S/C27H19ClN4O2/c28-20-9-13-22(14-10-20)30-27(34)19-8-15-23-24(16-19)32-25(31-23)17-6-11-21(12-7-17)29-26(33)18-4-2-1-3-5-18/h1-16H,(H,29,33)(H,30,34)(H,31,32). The number of rotatable bonds is 5. The summed E-state index contributed by atoms with van der Waals surface area (Å²) in [7, 11) is 0. The van der Waals surface area contributed by atoms with Crippen LogP contribution in [0.25, 0.3) is 22.4 Å². The van der Waals surface area contributed by atoms with Crippen LogP contribution in [0, 0.1) is 0 Å². The average Bonchev–Trinajstić information content (AvgIpc) is 3.30. The lowest BCUT2D eigenvalue weighted by atomic mass is 10.1. The van der Waals surface area contributed by atoms with E-state index in [9.17, 15) is 9.59 Å². The van der Waals surface area contributed by atoms with Gasteiger partial charge in [-0.1, -0.05) is 29.8 Å². The van der Waals surface area contributed by atoms with E-state index in [1.54, 1.807) is 48.5 Å². The maximum atomic E-state index is 12.6. The summed E-state index contributed by atoms with van der Waals surface area (Å²) in [6.45, 7) is 0. The molecule has 0 saturated heterocycles. The first kappa shape index (κ1) is 21.4. The Morgan fingerprint density at radius 1 is 0.706 bits per heavy atom. The maximum Gasteiger partial charge on any atom is 0.255 e. The number of halogens is 1. The Morgan fingerprint density at radius 2 is 1.32 bits per heavy atom. The number of nitrogens with one attached hydrogen (secondary N) is 3. The van der Waals surface area contributed by atoms with Crippen LogP contribution in [0.5, 0.6) is 0 Å². The van der Waals surface area contributed by atoms with Gasteiger partial charge in [-0.2, -0.15) is 0 Å². The Bertz CT molecular complexity index is 1480. The van der Waals surface area contributed by atoms with Crippen LogP contribution in [0.15, 0.2) is 97.1 Å². The molecule has 1 heterocycles. The van der Waals surface area contributed by atoms with E-state index in [2.05, 4.69) is 20.6 Å². The highest BCUT2D eigenvalue weighted by molar-refractivity contribution is 6.30. The van der Waals surface area contributed by atoms with Crippen LogP contribution >= 0.6 is 11.6 Å². The predicted molar refractivity (Wildman–Crippen MR) is 135 cm³/mol. The first-order chi connectivity index (χ1) is 16.5. The molecule has 5 rings (SSSR count). The van der Waals surface area contributed by atoms with Crippen molar-refractivity contribution in [2.75, 3.05) is 10.6 Å². The van der Waals surface area contributed by atoms with Gasteiger partial charge in [0.25, 0.3) is 11.8 Å². The van der Waals surface area contributed by atoms with Gasteiger partial charge in [-0.15, -0.1) is 0 Å². The minimum Gasteiger partial charge on any atom is -0.338 e. The van der Waals surface area contributed by atoms with E-state index < -0.39 is 0 Å². The SMILES string of the molecule is O=C(Nc1ccc(-c2nc3cc(C(=O)Nc4ccc(Cl)cc4)ccc3[nH]2)cc1)c1ccccc1. The molecule has 166 valence electrons. The number of nitrogens with zero attached hydrogens (tertiary/aromatic N) is 1. The molecule has 0 bridgehead atoms. The van der Waals surface area contributed by atoms with E-state index in [1.807, 2.05) is 48.5 Å². The number of hydrogen-bond donors (Lipinski definition) is 3. The van der Waals surface area contributed by atoms with E-state index in [-0.39, 0.29) is 11.8 Å². The summed E-state index contributed by atoms with van der Waals surface area (Å²) in [6, 6.07) is 28.7. The molecule has 0 aliphatic carbocycles. The summed E-state index contributed by atoms with van der Waals surface area (Å²) < 4.78 is 0. The van der Waals surface area contributed by atoms with Gasteiger partial charge in [0.1, 0.15) is 5.82 Å². The van der Waals surface area contributed by atoms with E-state index in [4.69, 9.17) is 11.6 Å². The minimum atomic E-state index is -0.229. The second kappa shape index (κ2) is 9.21. The summed E-state index contributed by atoms with van der Waals surface area (Å²) in [4.78, 5) is 32.9. The van der Waals surface area contributed by atoms with Crippen molar-refractivity contribution in [3.63, 3.8) is 0 Å². The van der Waals surface area contributed by atoms with Crippen LogP contribution in [0.1, 0.15) is 20.7 Å². The molecule has 3 N–H and O–H groups in total. The lowest BCUT2D eigenvalue weighted by Gasteiger charge is -2.05. The molecule has 0 spiro atoms. The zero-order valence-electron chi connectivity index (χ0n) is 17.9. The van der Waals surface area contributed by atoms with E-state index in [0.29, 0.717) is 38.9 Å². The third-order valence-electron chi connectivity index (χ3n) is 5.30. The lowest BCUT2D eigenvalue weighted by molar-refractivity contribution is 0.101. The number of imidazole rings is 1. The first-order valence-electron chi connectivity index (χ1n) is 10.6. The second-order valence-corrected chi connectivity index (χ2v) is 8.11. The van der Waals surface area contributed by atoms with E-state index in [1.165, 1.54) is 0 Å². The lowest BCUT2D eigenvalue weighted by Crippen LogP contribution is -2.11. The van der Waals surface area contributed by atoms with Crippen molar-refractivity contribution in [2.24, 2.45) is 0 Å². The fraction of sp³-hybridized carbons (Fsp3) is 0. The van der Waals surface area contributed by atoms with Crippen LogP contribution in [0.2, 0.25) is 5.02 Å². The Labute approximate surface area is 200 Å². The van der Waals surface area contributed by atoms with Gasteiger partial charge in [-0.25, -0.2) is 4.98 Å². The molecule has 34 heavy (non-hydrogen) atoms. The van der Waals surface area contributed by atoms with Crippen molar-refractivity contribution in [3.05, 3.63) is 113 Å². The van der Waals surface area contributed by atoms with Crippen LogP contribution in [0.4, 0.5) is 11.4 Å². The van der Waals surface area contributed by atoms with Crippen molar-refractivity contribution >= 4 is 45.8 Å². The van der Waals surface area contributed by atoms with Gasteiger partial charge in [0.15, 0.2) is 0 Å². The molecule has 0 aliphatic heterocycles. The summed E-state index contributed by atoms with van der Waals surface area (Å²) in [6.07, 6.45) is 0. The highest BCUT2D eigenvalue weighted by atomic mass is 35.5. The highest BCUT2D eigenvalue weighted by Gasteiger charge is 2.11. The molecule has 6 nitrogen and oxygen atoms in total. The van der Waals surface area contributed by atoms with Crippen molar-refractivity contribution in [2.45, 2.75) is 0 Å². The number of H-pyrrole nitrogens is 1. The number of aromatic nitrogens is 2. The second-order valence-electron chi connectivity index (χ2n) is 7.68. The summed E-state index contributed by atoms with van der Waals surface area (Å²) >= 11 is 5.90. The van der Waals surface area contributed by atoms with Gasteiger partial charge in [-0.05, 0) is 78.9 Å². The Balaban J connectivity index is 1.31. The fourth-order valence-corrected chi connectivity index (χ4v) is 3.65. The predicted octanol–water partition coefficient (Wildman–Crippen LogP) is 6.39. The Hall–Kier alpha value is -4.42. The van der Waals surface area contributed by atoms with Gasteiger partial charge in [-0.3, -0.25) is 9.59 Å². The molecule has 0 radical (unpaired) electrons. The third kappa shape index (κ3) is 4.67. The summed E-state index contributed by atoms with van der Waals surface area (Å²) in [5, 5.41) is 6.34. The zero-order valence-corrected chi connectivity index (χ0v) is 18.6. The topological polar surface area (TPSA) is 86.9 Å². The number of hydrogen-bond acceptors (Lipinski definition) is 3. The molecular weight excluding hydrogens is 448 g/mol. The minimum absolute atomic E-state index is 0.165. The molecule has 0 atom stereocenters. The number of fused-ring (bicyclic) bond motifs is 1. The molecule has 0 fully saturated rings. The molecule has 1 aromatic heterocycles. The van der Waals surface area contributed by atoms with Gasteiger partial charge >= 0.3 is 0 Å². The monoisotopic (exact) mass is 466 g/mol. The molecule has 5 aromatic rings. The number of anilines is 2. The molecule has 0 aliphatic rings. The average molecular weight is 467 g/mol.